The zero-order valence-electron chi connectivity index (χ0n) is 12.2. The Balaban J connectivity index is 3.32. The summed E-state index contributed by atoms with van der Waals surface area (Å²) in [6.07, 6.45) is 0. The van der Waals surface area contributed by atoms with Crippen molar-refractivity contribution in [3.05, 3.63) is 10.3 Å². The molecule has 4 heteroatoms. The van der Waals surface area contributed by atoms with Crippen LogP contribution in [0.5, 0.6) is 0 Å². The van der Waals surface area contributed by atoms with Crippen LogP contribution < -0.4 is 0 Å². The molecule has 0 radical (unpaired) electrons. The molecule has 0 spiro atoms. The molecule has 0 fully saturated rings. The largest absolute Gasteiger partial charge is 0.238 e. The third kappa shape index (κ3) is 1.13. The van der Waals surface area contributed by atoms with E-state index in [0.717, 1.165) is 0 Å². The molecule has 9 heavy (non-hydrogen) atoms. The minimum Gasteiger partial charge on any atom is -0.238 e. The van der Waals surface area contributed by atoms with Crippen molar-refractivity contribution >= 4 is 15.9 Å². The van der Waals surface area contributed by atoms with Crippen LogP contribution in [0.15, 0.2) is 4.60 Å². The normalized spacial score (nSPS) is 27.7. The second kappa shape index (κ2) is 2.47. The van der Waals surface area contributed by atoms with Gasteiger partial charge in [0.15, 0.2) is 0 Å². The summed E-state index contributed by atoms with van der Waals surface area (Å²) in [5.74, 6) is 0. The fourth-order valence-electron chi connectivity index (χ4n) is 0.342. The lowest BCUT2D eigenvalue weighted by molar-refractivity contribution is 0.615. The summed E-state index contributed by atoms with van der Waals surface area (Å²) in [4.78, 5) is 0. The molecule has 0 bridgehead atoms. The third-order valence-corrected chi connectivity index (χ3v) is 1.43. The van der Waals surface area contributed by atoms with Crippen molar-refractivity contribution in [2.45, 2.75) is 20.2 Å². The molecule has 3 nitrogen and oxygen atoms in total. The van der Waals surface area contributed by atoms with Gasteiger partial charge in [-0.2, -0.15) is 0 Å². The molecule has 0 saturated carbocycles. The molecule has 0 aliphatic rings. The molecule has 0 atom stereocenters. The van der Waals surface area contributed by atoms with Crippen molar-refractivity contribution in [1.29, 1.82) is 0 Å². The predicted octanol–water partition coefficient (Wildman–Crippen LogP) is 1.37. The molecule has 0 saturated heterocycles. The highest BCUT2D eigenvalue weighted by molar-refractivity contribution is 9.10. The van der Waals surface area contributed by atoms with Gasteiger partial charge in [-0.05, 0) is 29.6 Å². The highest BCUT2D eigenvalue weighted by atomic mass is 79.9. The summed E-state index contributed by atoms with van der Waals surface area (Å²) in [7, 11) is 0. The minimum absolute atomic E-state index is 0.307. The molecular weight excluding hydrogens is 182 g/mol. The van der Waals surface area contributed by atoms with Gasteiger partial charge in [0, 0.05) is 14.7 Å². The lowest BCUT2D eigenvalue weighted by Crippen LogP contribution is -1.95. The van der Waals surface area contributed by atoms with Crippen LogP contribution in [0, 0.1) is 6.85 Å². The first kappa shape index (κ1) is 1.81. The lowest BCUT2D eigenvalue weighted by atomic mass is 10.6. The molecule has 0 aromatic carbocycles. The average molecular weight is 198 g/mol. The highest BCUT2D eigenvalue weighted by Crippen LogP contribution is 2.10. The van der Waals surface area contributed by atoms with Gasteiger partial charge in [-0.1, -0.05) is 5.21 Å². The Bertz CT molecular complexity index is 418. The molecular formula is C5H8BrN3. The van der Waals surface area contributed by atoms with Crippen molar-refractivity contribution in [3.8, 4) is 0 Å². The summed E-state index contributed by atoms with van der Waals surface area (Å²) >= 11 is 2.80. The number of hydrogen-bond donors (Lipinski definition) is 0. The van der Waals surface area contributed by atoms with Crippen molar-refractivity contribution in [2.24, 2.45) is 0 Å². The predicted molar refractivity (Wildman–Crippen MR) is 38.1 cm³/mol. The average Bonchev–Trinajstić information content (AvgIpc) is 2.43. The van der Waals surface area contributed by atoms with Gasteiger partial charge in [-0.15, -0.1) is 5.10 Å². The quantitative estimate of drug-likeness (QED) is 0.682. The molecule has 1 rings (SSSR count). The van der Waals surface area contributed by atoms with Gasteiger partial charge < -0.3 is 0 Å². The van der Waals surface area contributed by atoms with Crippen LogP contribution in [0.3, 0.4) is 0 Å². The fourth-order valence-corrected chi connectivity index (χ4v) is 0.581. The van der Waals surface area contributed by atoms with Gasteiger partial charge >= 0.3 is 0 Å². The van der Waals surface area contributed by atoms with E-state index in [4.69, 9.17) is 11.0 Å². The Labute approximate surface area is 73.4 Å². The van der Waals surface area contributed by atoms with Crippen LogP contribution in [0.1, 0.15) is 23.5 Å². The summed E-state index contributed by atoms with van der Waals surface area (Å²) in [5, 5.41) is 6.53. The zero-order chi connectivity index (χ0) is 13.6. The number of hydrogen-bond acceptors (Lipinski definition) is 2. The standard InChI is InChI=1S/C5H8BrN3/c1-3-9-5(6)4(2)7-8-9/h3H2,1-2H3/i1D3,2D3,3D2. The van der Waals surface area contributed by atoms with Gasteiger partial charge in [-0.25, -0.2) is 4.68 Å². The van der Waals surface area contributed by atoms with E-state index in [1.165, 1.54) is 0 Å². The summed E-state index contributed by atoms with van der Waals surface area (Å²) in [5.41, 5.74) is -0.481. The van der Waals surface area contributed by atoms with E-state index in [2.05, 4.69) is 26.2 Å². The van der Waals surface area contributed by atoms with Crippen LogP contribution in [0.4, 0.5) is 0 Å². The SMILES string of the molecule is [2H]C([2H])([2H])c1nnn(C([2H])([2H])C([2H])([2H])[2H])c1Br. The first-order valence-electron chi connectivity index (χ1n) is 6.01. The van der Waals surface area contributed by atoms with Crippen LogP contribution in [-0.4, -0.2) is 15.0 Å². The summed E-state index contributed by atoms with van der Waals surface area (Å²) in [6.45, 7) is -8.43. The van der Waals surface area contributed by atoms with Crippen molar-refractivity contribution in [2.75, 3.05) is 0 Å². The van der Waals surface area contributed by atoms with Crippen LogP contribution >= 0.6 is 15.9 Å². The second-order valence-corrected chi connectivity index (χ2v) is 2.00. The smallest absolute Gasteiger partial charge is 0.127 e. The topological polar surface area (TPSA) is 30.7 Å². The Morgan fingerprint density at radius 3 is 3.44 bits per heavy atom. The molecule has 0 N–H and O–H groups in total. The van der Waals surface area contributed by atoms with Crippen LogP contribution in [-0.2, 0) is 6.50 Å². The van der Waals surface area contributed by atoms with Gasteiger partial charge in [0.2, 0.25) is 0 Å². The lowest BCUT2D eigenvalue weighted by Gasteiger charge is -1.92. The number of halogens is 1. The fraction of sp³-hybridized carbons (Fsp3) is 0.600. The van der Waals surface area contributed by atoms with Gasteiger partial charge in [0.05, 0.1) is 8.44 Å². The Morgan fingerprint density at radius 2 is 2.89 bits per heavy atom. The molecule has 0 amide bonds. The number of nitrogens with zero attached hydrogens (tertiary/aromatic N) is 3. The maximum absolute atomic E-state index is 7.43. The number of aromatic nitrogens is 3. The molecule has 0 unspecified atom stereocenters. The molecule has 1 aromatic rings. The molecule has 0 aliphatic heterocycles. The van der Waals surface area contributed by atoms with Gasteiger partial charge in [-0.3, -0.25) is 0 Å². The molecule has 0 aliphatic carbocycles. The zero-order valence-corrected chi connectivity index (χ0v) is 5.81. The molecule has 50 valence electrons. The van der Waals surface area contributed by atoms with Crippen molar-refractivity contribution < 1.29 is 11.0 Å². The van der Waals surface area contributed by atoms with Gasteiger partial charge in [0.25, 0.3) is 0 Å². The monoisotopic (exact) mass is 197 g/mol. The van der Waals surface area contributed by atoms with Crippen LogP contribution in [0.25, 0.3) is 0 Å². The number of aryl methyl sites for hydroxylation is 2. The maximum atomic E-state index is 7.43. The van der Waals surface area contributed by atoms with Crippen molar-refractivity contribution in [3.63, 3.8) is 0 Å². The van der Waals surface area contributed by atoms with Crippen LogP contribution in [0.2, 0.25) is 0 Å². The maximum Gasteiger partial charge on any atom is 0.127 e. The first-order chi connectivity index (χ1) is 7.39. The van der Waals surface area contributed by atoms with E-state index >= 15 is 0 Å². The highest BCUT2D eigenvalue weighted by Gasteiger charge is 2.01. The molecule has 1 aromatic heterocycles. The third-order valence-electron chi connectivity index (χ3n) is 0.721. The van der Waals surface area contributed by atoms with E-state index < -0.39 is 25.9 Å². The van der Waals surface area contributed by atoms with Crippen molar-refractivity contribution in [1.82, 2.24) is 15.0 Å². The summed E-state index contributed by atoms with van der Waals surface area (Å²) in [6, 6.07) is 0. The second-order valence-electron chi connectivity index (χ2n) is 1.25. The Kier molecular flexibility index (Phi) is 0.498. The van der Waals surface area contributed by atoms with E-state index in [9.17, 15) is 0 Å². The van der Waals surface area contributed by atoms with E-state index in [-0.39, 0.29) is 4.60 Å². The number of rotatable bonds is 1. The van der Waals surface area contributed by atoms with Gasteiger partial charge in [0.1, 0.15) is 4.60 Å². The van der Waals surface area contributed by atoms with E-state index in [0.29, 0.717) is 4.68 Å². The Morgan fingerprint density at radius 1 is 2.00 bits per heavy atom. The Hall–Kier alpha value is -0.380. The molecule has 1 heterocycles. The first-order valence-corrected chi connectivity index (χ1v) is 2.80. The van der Waals surface area contributed by atoms with E-state index in [1.807, 2.05) is 0 Å². The van der Waals surface area contributed by atoms with E-state index in [1.54, 1.807) is 0 Å². The minimum atomic E-state index is -2.99. The summed E-state index contributed by atoms with van der Waals surface area (Å²) < 4.78 is 57.4.